The topological polar surface area (TPSA) is 53.1 Å². The zero-order valence-corrected chi connectivity index (χ0v) is 12.6. The molecule has 0 bridgehead atoms. The highest BCUT2D eigenvalue weighted by molar-refractivity contribution is 9.10. The predicted octanol–water partition coefficient (Wildman–Crippen LogP) is 3.51. The summed E-state index contributed by atoms with van der Waals surface area (Å²) in [6.45, 7) is 0.608. The van der Waals surface area contributed by atoms with Gasteiger partial charge in [-0.2, -0.15) is 0 Å². The lowest BCUT2D eigenvalue weighted by molar-refractivity contribution is 0.627. The third kappa shape index (κ3) is 3.36. The summed E-state index contributed by atoms with van der Waals surface area (Å²) >= 11 is 3.42. The van der Waals surface area contributed by atoms with Crippen molar-refractivity contribution in [2.24, 2.45) is 5.73 Å². The Hall–Kier alpha value is -1.88. The van der Waals surface area contributed by atoms with E-state index in [4.69, 9.17) is 11.1 Å². The van der Waals surface area contributed by atoms with Crippen LogP contribution in [0.4, 0.5) is 10.1 Å². The minimum Gasteiger partial charge on any atom is -0.384 e. The van der Waals surface area contributed by atoms with Crippen molar-refractivity contribution in [1.29, 1.82) is 5.41 Å². The minimum atomic E-state index is -0.247. The molecule has 2 rings (SSSR count). The van der Waals surface area contributed by atoms with Gasteiger partial charge in [0.25, 0.3) is 0 Å². The molecule has 3 nitrogen and oxygen atoms in total. The fourth-order valence-electron chi connectivity index (χ4n) is 2.00. The van der Waals surface area contributed by atoms with E-state index in [1.807, 2.05) is 30.1 Å². The van der Waals surface area contributed by atoms with E-state index in [0.717, 1.165) is 15.7 Å². The van der Waals surface area contributed by atoms with Gasteiger partial charge in [-0.15, -0.1) is 0 Å². The molecular weight excluding hydrogens is 321 g/mol. The lowest BCUT2D eigenvalue weighted by Crippen LogP contribution is -2.22. The summed E-state index contributed by atoms with van der Waals surface area (Å²) in [4.78, 5) is 1.98. The smallest absolute Gasteiger partial charge is 0.124 e. The van der Waals surface area contributed by atoms with Crippen molar-refractivity contribution in [3.8, 4) is 0 Å². The van der Waals surface area contributed by atoms with Gasteiger partial charge in [0.15, 0.2) is 0 Å². The quantitative estimate of drug-likeness (QED) is 0.663. The lowest BCUT2D eigenvalue weighted by atomic mass is 10.1. The van der Waals surface area contributed by atoms with Crippen LogP contribution in [0.3, 0.4) is 0 Å². The van der Waals surface area contributed by atoms with E-state index in [0.29, 0.717) is 12.1 Å². The van der Waals surface area contributed by atoms with Crippen molar-refractivity contribution in [2.75, 3.05) is 11.9 Å². The second-order valence-electron chi connectivity index (χ2n) is 4.56. The number of nitrogens with two attached hydrogens (primary N) is 1. The molecule has 2 aromatic rings. The van der Waals surface area contributed by atoms with Gasteiger partial charge in [0.05, 0.1) is 0 Å². The number of nitrogens with zero attached hydrogens (tertiary/aromatic N) is 1. The third-order valence-corrected chi connectivity index (χ3v) is 3.49. The Labute approximate surface area is 125 Å². The fourth-order valence-corrected chi connectivity index (χ4v) is 2.35. The molecule has 0 aliphatic heterocycles. The zero-order chi connectivity index (χ0) is 14.7. The maximum absolute atomic E-state index is 12.9. The number of nitrogen functional groups attached to an aromatic ring is 1. The summed E-state index contributed by atoms with van der Waals surface area (Å²) in [5.41, 5.74) is 8.13. The summed E-state index contributed by atoms with van der Waals surface area (Å²) < 4.78 is 13.8. The maximum Gasteiger partial charge on any atom is 0.124 e. The summed E-state index contributed by atoms with van der Waals surface area (Å²) in [5.74, 6) is -0.221. The van der Waals surface area contributed by atoms with E-state index >= 15 is 0 Å². The molecule has 0 atom stereocenters. The number of hydrogen-bond acceptors (Lipinski definition) is 2. The average molecular weight is 336 g/mol. The van der Waals surface area contributed by atoms with Crippen LogP contribution >= 0.6 is 15.9 Å². The van der Waals surface area contributed by atoms with Crippen molar-refractivity contribution in [3.05, 3.63) is 63.9 Å². The number of benzene rings is 2. The predicted molar refractivity (Wildman–Crippen MR) is 83.7 cm³/mol. The van der Waals surface area contributed by atoms with Gasteiger partial charge in [0.1, 0.15) is 11.7 Å². The van der Waals surface area contributed by atoms with Crippen molar-refractivity contribution in [1.82, 2.24) is 0 Å². The monoisotopic (exact) mass is 335 g/mol. The van der Waals surface area contributed by atoms with E-state index in [9.17, 15) is 4.39 Å². The van der Waals surface area contributed by atoms with Gasteiger partial charge in [-0.25, -0.2) is 4.39 Å². The van der Waals surface area contributed by atoms with Crippen LogP contribution in [0.5, 0.6) is 0 Å². The van der Waals surface area contributed by atoms with Crippen LogP contribution in [-0.2, 0) is 6.54 Å². The van der Waals surface area contributed by atoms with E-state index in [1.165, 1.54) is 12.1 Å². The highest BCUT2D eigenvalue weighted by Gasteiger charge is 2.11. The number of amidine groups is 1. The van der Waals surface area contributed by atoms with Gasteiger partial charge in [0, 0.05) is 29.3 Å². The zero-order valence-electron chi connectivity index (χ0n) is 11.0. The minimum absolute atomic E-state index is 0.0263. The summed E-state index contributed by atoms with van der Waals surface area (Å²) in [6, 6.07) is 12.0. The molecule has 20 heavy (non-hydrogen) atoms. The first kappa shape index (κ1) is 14.5. The number of halogens is 2. The van der Waals surface area contributed by atoms with Crippen LogP contribution in [0.25, 0.3) is 0 Å². The molecule has 104 valence electrons. The highest BCUT2D eigenvalue weighted by Crippen LogP contribution is 2.25. The second-order valence-corrected chi connectivity index (χ2v) is 5.47. The summed E-state index contributed by atoms with van der Waals surface area (Å²) in [7, 11) is 1.91. The molecule has 0 aliphatic carbocycles. The largest absolute Gasteiger partial charge is 0.384 e. The second kappa shape index (κ2) is 6.05. The van der Waals surface area contributed by atoms with Crippen LogP contribution in [0.15, 0.2) is 46.9 Å². The number of anilines is 1. The summed E-state index contributed by atoms with van der Waals surface area (Å²) in [5, 5.41) is 7.63. The van der Waals surface area contributed by atoms with Crippen LogP contribution in [0, 0.1) is 11.2 Å². The molecule has 0 aliphatic rings. The standard InChI is InChI=1S/C15H15BrFN3/c1-20(9-10-2-5-12(17)6-3-10)14-8-11(16)4-7-13(14)15(18)19/h2-8H,9H2,1H3,(H3,18,19). The molecule has 0 heterocycles. The van der Waals surface area contributed by atoms with Crippen molar-refractivity contribution >= 4 is 27.5 Å². The Bertz CT molecular complexity index is 626. The SMILES string of the molecule is CN(Cc1ccc(F)cc1)c1cc(Br)ccc1C(=N)N. The number of rotatable bonds is 4. The van der Waals surface area contributed by atoms with Gasteiger partial charge in [-0.3, -0.25) is 5.41 Å². The van der Waals surface area contributed by atoms with Gasteiger partial charge >= 0.3 is 0 Å². The van der Waals surface area contributed by atoms with Gasteiger partial charge in [0.2, 0.25) is 0 Å². The van der Waals surface area contributed by atoms with E-state index in [1.54, 1.807) is 12.1 Å². The third-order valence-electron chi connectivity index (χ3n) is 2.99. The van der Waals surface area contributed by atoms with Crippen molar-refractivity contribution in [2.45, 2.75) is 6.54 Å². The lowest BCUT2D eigenvalue weighted by Gasteiger charge is -2.22. The van der Waals surface area contributed by atoms with E-state index < -0.39 is 0 Å². The average Bonchev–Trinajstić information content (AvgIpc) is 2.41. The number of nitrogens with one attached hydrogen (secondary N) is 1. The summed E-state index contributed by atoms with van der Waals surface area (Å²) in [6.07, 6.45) is 0. The Morgan fingerprint density at radius 3 is 2.50 bits per heavy atom. The first-order chi connectivity index (χ1) is 9.47. The van der Waals surface area contributed by atoms with Gasteiger partial charge in [-0.1, -0.05) is 28.1 Å². The highest BCUT2D eigenvalue weighted by atomic mass is 79.9. The molecule has 0 saturated carbocycles. The van der Waals surface area contributed by atoms with Crippen LogP contribution in [0.1, 0.15) is 11.1 Å². The first-order valence-corrected chi connectivity index (χ1v) is 6.86. The fraction of sp³-hybridized carbons (Fsp3) is 0.133. The Kier molecular flexibility index (Phi) is 4.39. The molecule has 0 unspecified atom stereocenters. The molecule has 0 radical (unpaired) electrons. The Balaban J connectivity index is 2.28. The molecule has 0 saturated heterocycles. The Morgan fingerprint density at radius 1 is 1.25 bits per heavy atom. The first-order valence-electron chi connectivity index (χ1n) is 6.07. The Morgan fingerprint density at radius 2 is 1.90 bits per heavy atom. The molecule has 0 aromatic heterocycles. The normalized spacial score (nSPS) is 10.3. The van der Waals surface area contributed by atoms with E-state index in [2.05, 4.69) is 15.9 Å². The van der Waals surface area contributed by atoms with Crippen LogP contribution < -0.4 is 10.6 Å². The molecule has 3 N–H and O–H groups in total. The van der Waals surface area contributed by atoms with Gasteiger partial charge in [-0.05, 0) is 35.9 Å². The van der Waals surface area contributed by atoms with Crippen LogP contribution in [-0.4, -0.2) is 12.9 Å². The molecular formula is C15H15BrFN3. The number of hydrogen-bond donors (Lipinski definition) is 2. The van der Waals surface area contributed by atoms with Crippen molar-refractivity contribution in [3.63, 3.8) is 0 Å². The molecule has 5 heteroatoms. The van der Waals surface area contributed by atoms with E-state index in [-0.39, 0.29) is 11.7 Å². The molecule has 0 spiro atoms. The van der Waals surface area contributed by atoms with Crippen molar-refractivity contribution < 1.29 is 4.39 Å². The molecule has 0 amide bonds. The maximum atomic E-state index is 12.9. The molecule has 2 aromatic carbocycles. The van der Waals surface area contributed by atoms with Gasteiger partial charge < -0.3 is 10.6 Å². The molecule has 0 fully saturated rings. The van der Waals surface area contributed by atoms with Crippen LogP contribution in [0.2, 0.25) is 0 Å².